The summed E-state index contributed by atoms with van der Waals surface area (Å²) >= 11 is 1.74. The van der Waals surface area contributed by atoms with Crippen LogP contribution in [0.4, 0.5) is 0 Å². The van der Waals surface area contributed by atoms with Gasteiger partial charge in [-0.25, -0.2) is 9.98 Å². The van der Waals surface area contributed by atoms with Crippen LogP contribution in [-0.2, 0) is 6.54 Å². The van der Waals surface area contributed by atoms with E-state index in [0.717, 1.165) is 29.8 Å². The van der Waals surface area contributed by atoms with Gasteiger partial charge in [-0.05, 0) is 27.2 Å². The second-order valence-electron chi connectivity index (χ2n) is 4.93. The van der Waals surface area contributed by atoms with Crippen molar-refractivity contribution in [1.29, 1.82) is 0 Å². The standard InChI is InChI=1S/C15H28N4S/c1-5-7-8-9-10-17-15(16-6-2)18-11-14-19-12(3)13(4)20-14/h5-11H2,1-4H3,(H2,16,17,18). The molecular weight excluding hydrogens is 268 g/mol. The first-order chi connectivity index (χ1) is 9.67. The van der Waals surface area contributed by atoms with Crippen molar-refractivity contribution in [2.24, 2.45) is 4.99 Å². The van der Waals surface area contributed by atoms with Gasteiger partial charge in [0.05, 0.1) is 12.2 Å². The van der Waals surface area contributed by atoms with Gasteiger partial charge in [0.25, 0.3) is 0 Å². The summed E-state index contributed by atoms with van der Waals surface area (Å²) in [5.41, 5.74) is 1.12. The van der Waals surface area contributed by atoms with Gasteiger partial charge in [-0.3, -0.25) is 0 Å². The molecule has 0 unspecified atom stereocenters. The van der Waals surface area contributed by atoms with E-state index in [1.54, 1.807) is 11.3 Å². The molecule has 1 aromatic rings. The van der Waals surface area contributed by atoms with Crippen LogP contribution in [0.5, 0.6) is 0 Å². The number of guanidine groups is 1. The Bertz CT molecular complexity index is 393. The Morgan fingerprint density at radius 2 is 1.95 bits per heavy atom. The van der Waals surface area contributed by atoms with Gasteiger partial charge in [0, 0.05) is 18.0 Å². The van der Waals surface area contributed by atoms with E-state index in [4.69, 9.17) is 0 Å². The minimum atomic E-state index is 0.656. The molecule has 5 heteroatoms. The molecule has 0 aromatic carbocycles. The van der Waals surface area contributed by atoms with Crippen LogP contribution < -0.4 is 10.6 Å². The minimum Gasteiger partial charge on any atom is -0.357 e. The molecular formula is C15H28N4S. The monoisotopic (exact) mass is 296 g/mol. The van der Waals surface area contributed by atoms with Gasteiger partial charge in [0.1, 0.15) is 5.01 Å². The minimum absolute atomic E-state index is 0.656. The molecule has 0 atom stereocenters. The van der Waals surface area contributed by atoms with E-state index in [1.807, 2.05) is 0 Å². The molecule has 0 aliphatic heterocycles. The SMILES string of the molecule is CCCCCCNC(=NCc1nc(C)c(C)s1)NCC. The third-order valence-corrected chi connectivity index (χ3v) is 4.17. The van der Waals surface area contributed by atoms with E-state index in [9.17, 15) is 0 Å². The van der Waals surface area contributed by atoms with E-state index in [2.05, 4.69) is 48.3 Å². The Labute approximate surface area is 127 Å². The molecule has 1 rings (SSSR count). The number of aliphatic imine (C=N–C) groups is 1. The lowest BCUT2D eigenvalue weighted by molar-refractivity contribution is 0.647. The Hall–Kier alpha value is -1.10. The van der Waals surface area contributed by atoms with Gasteiger partial charge >= 0.3 is 0 Å². The fourth-order valence-corrected chi connectivity index (χ4v) is 2.71. The Kier molecular flexibility index (Phi) is 8.26. The zero-order chi connectivity index (χ0) is 14.8. The Balaban J connectivity index is 2.41. The van der Waals surface area contributed by atoms with E-state index in [0.29, 0.717) is 6.54 Å². The summed E-state index contributed by atoms with van der Waals surface area (Å²) < 4.78 is 0. The maximum atomic E-state index is 4.60. The Morgan fingerprint density at radius 1 is 1.15 bits per heavy atom. The fraction of sp³-hybridized carbons (Fsp3) is 0.733. The second kappa shape index (κ2) is 9.75. The van der Waals surface area contributed by atoms with Crippen LogP contribution in [-0.4, -0.2) is 24.0 Å². The van der Waals surface area contributed by atoms with Crippen LogP contribution in [0.3, 0.4) is 0 Å². The highest BCUT2D eigenvalue weighted by Crippen LogP contribution is 2.16. The van der Waals surface area contributed by atoms with Crippen molar-refractivity contribution in [1.82, 2.24) is 15.6 Å². The molecule has 4 nitrogen and oxygen atoms in total. The third kappa shape index (κ3) is 6.37. The molecule has 0 amide bonds. The molecule has 0 aliphatic carbocycles. The molecule has 0 aliphatic rings. The topological polar surface area (TPSA) is 49.3 Å². The predicted octanol–water partition coefficient (Wildman–Crippen LogP) is 3.40. The number of aryl methyl sites for hydroxylation is 2. The summed E-state index contributed by atoms with van der Waals surface area (Å²) in [7, 11) is 0. The largest absolute Gasteiger partial charge is 0.357 e. The van der Waals surface area contributed by atoms with Gasteiger partial charge in [-0.1, -0.05) is 26.2 Å². The normalized spacial score (nSPS) is 11.7. The number of hydrogen-bond donors (Lipinski definition) is 2. The zero-order valence-corrected chi connectivity index (χ0v) is 14.1. The summed E-state index contributed by atoms with van der Waals surface area (Å²) in [6, 6.07) is 0. The van der Waals surface area contributed by atoms with Crippen LogP contribution in [0.1, 0.15) is 55.1 Å². The van der Waals surface area contributed by atoms with E-state index in [1.165, 1.54) is 30.6 Å². The molecule has 114 valence electrons. The average Bonchev–Trinajstić information content (AvgIpc) is 2.75. The van der Waals surface area contributed by atoms with E-state index < -0.39 is 0 Å². The number of unbranched alkanes of at least 4 members (excludes halogenated alkanes) is 3. The molecule has 0 bridgehead atoms. The van der Waals surface area contributed by atoms with E-state index >= 15 is 0 Å². The maximum absolute atomic E-state index is 4.60. The van der Waals surface area contributed by atoms with Crippen molar-refractivity contribution in [3.05, 3.63) is 15.6 Å². The van der Waals surface area contributed by atoms with Crippen LogP contribution in [0.2, 0.25) is 0 Å². The number of nitrogens with one attached hydrogen (secondary N) is 2. The summed E-state index contributed by atoms with van der Waals surface area (Å²) in [4.78, 5) is 10.4. The number of hydrogen-bond acceptors (Lipinski definition) is 3. The van der Waals surface area contributed by atoms with Crippen molar-refractivity contribution in [3.63, 3.8) is 0 Å². The highest BCUT2D eigenvalue weighted by Gasteiger charge is 2.03. The van der Waals surface area contributed by atoms with Gasteiger partial charge in [-0.2, -0.15) is 0 Å². The Morgan fingerprint density at radius 3 is 2.55 bits per heavy atom. The number of aromatic nitrogens is 1. The van der Waals surface area contributed by atoms with Crippen LogP contribution in [0.25, 0.3) is 0 Å². The maximum Gasteiger partial charge on any atom is 0.191 e. The lowest BCUT2D eigenvalue weighted by Crippen LogP contribution is -2.37. The van der Waals surface area contributed by atoms with Crippen LogP contribution in [0, 0.1) is 13.8 Å². The van der Waals surface area contributed by atoms with E-state index in [-0.39, 0.29) is 0 Å². The number of thiazole rings is 1. The van der Waals surface area contributed by atoms with Crippen molar-refractivity contribution in [3.8, 4) is 0 Å². The molecule has 1 heterocycles. The molecule has 2 N–H and O–H groups in total. The second-order valence-corrected chi connectivity index (χ2v) is 6.22. The highest BCUT2D eigenvalue weighted by atomic mass is 32.1. The first-order valence-electron chi connectivity index (χ1n) is 7.62. The van der Waals surface area contributed by atoms with Crippen molar-refractivity contribution < 1.29 is 0 Å². The molecule has 1 aromatic heterocycles. The lowest BCUT2D eigenvalue weighted by atomic mass is 10.2. The number of nitrogens with zero attached hydrogens (tertiary/aromatic N) is 2. The molecule has 0 spiro atoms. The van der Waals surface area contributed by atoms with Gasteiger partial charge in [0.2, 0.25) is 0 Å². The summed E-state index contributed by atoms with van der Waals surface area (Å²) in [5, 5.41) is 7.75. The molecule has 20 heavy (non-hydrogen) atoms. The zero-order valence-electron chi connectivity index (χ0n) is 13.3. The van der Waals surface area contributed by atoms with Gasteiger partial charge < -0.3 is 10.6 Å². The summed E-state index contributed by atoms with van der Waals surface area (Å²) in [6.45, 7) is 11.0. The lowest BCUT2D eigenvalue weighted by Gasteiger charge is -2.10. The average molecular weight is 296 g/mol. The number of rotatable bonds is 8. The summed E-state index contributed by atoms with van der Waals surface area (Å²) in [5.74, 6) is 0.898. The molecule has 0 saturated carbocycles. The van der Waals surface area contributed by atoms with Gasteiger partial charge in [-0.15, -0.1) is 11.3 Å². The fourth-order valence-electron chi connectivity index (χ4n) is 1.85. The predicted molar refractivity (Wildman–Crippen MR) is 88.5 cm³/mol. The van der Waals surface area contributed by atoms with Crippen molar-refractivity contribution in [2.75, 3.05) is 13.1 Å². The molecule has 0 saturated heterocycles. The van der Waals surface area contributed by atoms with Crippen LogP contribution >= 0.6 is 11.3 Å². The molecule has 0 radical (unpaired) electrons. The van der Waals surface area contributed by atoms with Gasteiger partial charge in [0.15, 0.2) is 5.96 Å². The molecule has 0 fully saturated rings. The third-order valence-electron chi connectivity index (χ3n) is 3.11. The summed E-state index contributed by atoms with van der Waals surface area (Å²) in [6.07, 6.45) is 5.07. The smallest absolute Gasteiger partial charge is 0.191 e. The van der Waals surface area contributed by atoms with Crippen molar-refractivity contribution in [2.45, 2.75) is 59.9 Å². The first-order valence-corrected chi connectivity index (χ1v) is 8.44. The quantitative estimate of drug-likeness (QED) is 0.439. The highest BCUT2D eigenvalue weighted by molar-refractivity contribution is 7.11. The first kappa shape index (κ1) is 17.0. The van der Waals surface area contributed by atoms with Crippen molar-refractivity contribution >= 4 is 17.3 Å². The van der Waals surface area contributed by atoms with Crippen LogP contribution in [0.15, 0.2) is 4.99 Å².